The van der Waals surface area contributed by atoms with Crippen LogP contribution in [0.5, 0.6) is 5.75 Å². The van der Waals surface area contributed by atoms with Crippen molar-refractivity contribution >= 4 is 11.6 Å². The van der Waals surface area contributed by atoms with Crippen molar-refractivity contribution in [1.82, 2.24) is 0 Å². The standard InChI is InChI=1S/C16H15ClO/c17-16-9-7-13-6-8-14(10-15(13)16)18-11-12-4-2-1-3-5-12/h1-6,8,10,16H,7,9,11H2. The van der Waals surface area contributed by atoms with Crippen molar-refractivity contribution < 1.29 is 4.74 Å². The first-order valence-corrected chi connectivity index (χ1v) is 6.70. The summed E-state index contributed by atoms with van der Waals surface area (Å²) >= 11 is 6.28. The van der Waals surface area contributed by atoms with Crippen LogP contribution >= 0.6 is 11.6 Å². The van der Waals surface area contributed by atoms with Crippen molar-refractivity contribution in [2.75, 3.05) is 0 Å². The van der Waals surface area contributed by atoms with Crippen LogP contribution in [0, 0.1) is 0 Å². The Morgan fingerprint density at radius 3 is 2.78 bits per heavy atom. The lowest BCUT2D eigenvalue weighted by atomic mass is 10.1. The number of hydrogen-bond acceptors (Lipinski definition) is 1. The summed E-state index contributed by atoms with van der Waals surface area (Å²) in [5.74, 6) is 0.908. The molecule has 2 heteroatoms. The summed E-state index contributed by atoms with van der Waals surface area (Å²) in [7, 11) is 0. The molecule has 0 amide bonds. The number of alkyl halides is 1. The highest BCUT2D eigenvalue weighted by Gasteiger charge is 2.20. The Bertz CT molecular complexity index is 536. The van der Waals surface area contributed by atoms with Gasteiger partial charge in [-0.2, -0.15) is 0 Å². The van der Waals surface area contributed by atoms with Gasteiger partial charge in [0.05, 0.1) is 5.38 Å². The molecule has 0 saturated carbocycles. The first kappa shape index (κ1) is 11.6. The number of aryl methyl sites for hydroxylation is 1. The molecular formula is C16H15ClO. The molecule has 3 rings (SSSR count). The molecule has 1 aliphatic carbocycles. The van der Waals surface area contributed by atoms with Crippen LogP contribution in [0.3, 0.4) is 0 Å². The number of fused-ring (bicyclic) bond motifs is 1. The molecule has 1 unspecified atom stereocenters. The lowest BCUT2D eigenvalue weighted by molar-refractivity contribution is 0.306. The molecule has 0 aromatic heterocycles. The van der Waals surface area contributed by atoms with E-state index in [9.17, 15) is 0 Å². The van der Waals surface area contributed by atoms with Crippen LogP contribution < -0.4 is 4.74 Å². The number of benzene rings is 2. The molecule has 2 aromatic rings. The molecule has 1 aliphatic rings. The predicted octanol–water partition coefficient (Wildman–Crippen LogP) is 4.49. The SMILES string of the molecule is ClC1CCc2ccc(OCc3ccccc3)cc21. The molecule has 92 valence electrons. The first-order chi connectivity index (χ1) is 8.83. The highest BCUT2D eigenvalue weighted by molar-refractivity contribution is 6.21. The largest absolute Gasteiger partial charge is 0.489 e. The third kappa shape index (κ3) is 2.37. The van der Waals surface area contributed by atoms with Crippen LogP contribution in [0.15, 0.2) is 48.5 Å². The monoisotopic (exact) mass is 258 g/mol. The second-order valence-electron chi connectivity index (χ2n) is 4.64. The molecule has 1 nitrogen and oxygen atoms in total. The van der Waals surface area contributed by atoms with Gasteiger partial charge in [0.25, 0.3) is 0 Å². The highest BCUT2D eigenvalue weighted by atomic mass is 35.5. The number of ether oxygens (including phenoxy) is 1. The fourth-order valence-corrected chi connectivity index (χ4v) is 2.67. The highest BCUT2D eigenvalue weighted by Crippen LogP contribution is 2.37. The number of halogens is 1. The van der Waals surface area contributed by atoms with E-state index < -0.39 is 0 Å². The van der Waals surface area contributed by atoms with Crippen LogP contribution in [-0.2, 0) is 13.0 Å². The van der Waals surface area contributed by atoms with Gasteiger partial charge in [0.1, 0.15) is 12.4 Å². The van der Waals surface area contributed by atoms with Crippen molar-refractivity contribution in [3.63, 3.8) is 0 Å². The van der Waals surface area contributed by atoms with Gasteiger partial charge >= 0.3 is 0 Å². The predicted molar refractivity (Wildman–Crippen MR) is 74.1 cm³/mol. The van der Waals surface area contributed by atoms with Gasteiger partial charge in [0.2, 0.25) is 0 Å². The first-order valence-electron chi connectivity index (χ1n) is 6.26. The van der Waals surface area contributed by atoms with E-state index in [0.717, 1.165) is 18.6 Å². The molecule has 0 spiro atoms. The molecule has 0 bridgehead atoms. The Labute approximate surface area is 112 Å². The Morgan fingerprint density at radius 1 is 1.11 bits per heavy atom. The maximum atomic E-state index is 6.28. The van der Waals surface area contributed by atoms with E-state index in [2.05, 4.69) is 24.3 Å². The summed E-state index contributed by atoms with van der Waals surface area (Å²) in [4.78, 5) is 0. The molecule has 0 N–H and O–H groups in total. The zero-order chi connectivity index (χ0) is 12.4. The summed E-state index contributed by atoms with van der Waals surface area (Å²) in [5, 5.41) is 0.153. The van der Waals surface area contributed by atoms with E-state index in [-0.39, 0.29) is 5.38 Å². The average molecular weight is 259 g/mol. The third-order valence-electron chi connectivity index (χ3n) is 3.37. The molecule has 0 radical (unpaired) electrons. The van der Waals surface area contributed by atoms with Crippen molar-refractivity contribution in [3.8, 4) is 5.75 Å². The molecule has 2 aromatic carbocycles. The maximum Gasteiger partial charge on any atom is 0.120 e. The number of hydrogen-bond donors (Lipinski definition) is 0. The van der Waals surface area contributed by atoms with E-state index in [1.165, 1.54) is 16.7 Å². The zero-order valence-electron chi connectivity index (χ0n) is 10.1. The minimum Gasteiger partial charge on any atom is -0.489 e. The van der Waals surface area contributed by atoms with Gasteiger partial charge in [-0.05, 0) is 41.7 Å². The van der Waals surface area contributed by atoms with Crippen molar-refractivity contribution in [2.45, 2.75) is 24.8 Å². The van der Waals surface area contributed by atoms with Gasteiger partial charge in [0, 0.05) is 0 Å². The van der Waals surface area contributed by atoms with Gasteiger partial charge in [-0.25, -0.2) is 0 Å². The van der Waals surface area contributed by atoms with Crippen LogP contribution in [-0.4, -0.2) is 0 Å². The minimum atomic E-state index is 0.153. The van der Waals surface area contributed by atoms with E-state index in [4.69, 9.17) is 16.3 Å². The van der Waals surface area contributed by atoms with E-state index >= 15 is 0 Å². The summed E-state index contributed by atoms with van der Waals surface area (Å²) in [5.41, 5.74) is 3.78. The van der Waals surface area contributed by atoms with Gasteiger partial charge in [-0.1, -0.05) is 36.4 Å². The fraction of sp³-hybridized carbons (Fsp3) is 0.250. The zero-order valence-corrected chi connectivity index (χ0v) is 10.9. The second kappa shape index (κ2) is 5.03. The normalized spacial score (nSPS) is 17.5. The van der Waals surface area contributed by atoms with E-state index in [1.807, 2.05) is 24.3 Å². The molecule has 0 heterocycles. The van der Waals surface area contributed by atoms with Crippen molar-refractivity contribution in [2.24, 2.45) is 0 Å². The van der Waals surface area contributed by atoms with Crippen molar-refractivity contribution in [1.29, 1.82) is 0 Å². The van der Waals surface area contributed by atoms with Crippen LogP contribution in [0.1, 0.15) is 28.5 Å². The Morgan fingerprint density at radius 2 is 1.94 bits per heavy atom. The summed E-state index contributed by atoms with van der Waals surface area (Å²) in [6, 6.07) is 16.5. The lowest BCUT2D eigenvalue weighted by Gasteiger charge is -2.09. The topological polar surface area (TPSA) is 9.23 Å². The average Bonchev–Trinajstić information content (AvgIpc) is 2.79. The van der Waals surface area contributed by atoms with Crippen LogP contribution in [0.25, 0.3) is 0 Å². The Kier molecular flexibility index (Phi) is 3.24. The van der Waals surface area contributed by atoms with Gasteiger partial charge < -0.3 is 4.74 Å². The van der Waals surface area contributed by atoms with E-state index in [1.54, 1.807) is 0 Å². The summed E-state index contributed by atoms with van der Waals surface area (Å²) < 4.78 is 5.81. The summed E-state index contributed by atoms with van der Waals surface area (Å²) in [6.07, 6.45) is 2.13. The Balaban J connectivity index is 1.72. The van der Waals surface area contributed by atoms with Gasteiger partial charge in [-0.3, -0.25) is 0 Å². The molecular weight excluding hydrogens is 244 g/mol. The molecule has 0 saturated heterocycles. The fourth-order valence-electron chi connectivity index (χ4n) is 2.36. The van der Waals surface area contributed by atoms with E-state index in [0.29, 0.717) is 6.61 Å². The minimum absolute atomic E-state index is 0.153. The molecule has 0 fully saturated rings. The second-order valence-corrected chi connectivity index (χ2v) is 5.17. The quantitative estimate of drug-likeness (QED) is 0.737. The smallest absolute Gasteiger partial charge is 0.120 e. The Hall–Kier alpha value is -1.47. The van der Waals surface area contributed by atoms with Crippen LogP contribution in [0.2, 0.25) is 0 Å². The van der Waals surface area contributed by atoms with Gasteiger partial charge in [-0.15, -0.1) is 11.6 Å². The molecule has 18 heavy (non-hydrogen) atoms. The lowest BCUT2D eigenvalue weighted by Crippen LogP contribution is -1.96. The maximum absolute atomic E-state index is 6.28. The molecule has 1 atom stereocenters. The van der Waals surface area contributed by atoms with Crippen LogP contribution in [0.4, 0.5) is 0 Å². The third-order valence-corrected chi connectivity index (χ3v) is 3.82. The summed E-state index contributed by atoms with van der Waals surface area (Å²) in [6.45, 7) is 0.604. The van der Waals surface area contributed by atoms with Gasteiger partial charge in [0.15, 0.2) is 0 Å². The number of rotatable bonds is 3. The molecule has 0 aliphatic heterocycles. The van der Waals surface area contributed by atoms with Crippen molar-refractivity contribution in [3.05, 3.63) is 65.2 Å².